The maximum Gasteiger partial charge on any atom is 0.000274 e. The Morgan fingerprint density at radius 2 is 1.72 bits per heavy atom. The molecule has 0 aromatic heterocycles. The van der Waals surface area contributed by atoms with Crippen molar-refractivity contribution in [2.45, 2.75) is 47.5 Å². The molecule has 0 aliphatic carbocycles. The molecule has 0 aliphatic heterocycles. The van der Waals surface area contributed by atoms with Crippen LogP contribution < -0.4 is 5.32 Å². The van der Waals surface area contributed by atoms with E-state index in [-0.39, 0.29) is 0 Å². The zero-order valence-corrected chi connectivity index (χ0v) is 12.7. The van der Waals surface area contributed by atoms with E-state index in [1.807, 2.05) is 0 Å². The van der Waals surface area contributed by atoms with Gasteiger partial charge in [0.2, 0.25) is 0 Å². The predicted octanol–water partition coefficient (Wildman–Crippen LogP) is 4.20. The van der Waals surface area contributed by atoms with E-state index < -0.39 is 0 Å². The van der Waals surface area contributed by atoms with E-state index in [9.17, 15) is 0 Å². The second-order valence-electron chi connectivity index (χ2n) is 6.67. The van der Waals surface area contributed by atoms with E-state index >= 15 is 0 Å². The Balaban J connectivity index is 2.34. The van der Waals surface area contributed by atoms with Gasteiger partial charge >= 0.3 is 0 Å². The largest absolute Gasteiger partial charge is 0.316 e. The van der Waals surface area contributed by atoms with Crippen molar-refractivity contribution in [3.63, 3.8) is 0 Å². The molecule has 102 valence electrons. The Bertz CT molecular complexity index is 335. The quantitative estimate of drug-likeness (QED) is 0.761. The number of hydrogen-bond acceptors (Lipinski definition) is 1. The van der Waals surface area contributed by atoms with Gasteiger partial charge in [-0.15, -0.1) is 0 Å². The summed E-state index contributed by atoms with van der Waals surface area (Å²) in [5.74, 6) is 0.734. The Hall–Kier alpha value is -0.820. The number of aryl methyl sites for hydroxylation is 2. The molecule has 0 radical (unpaired) electrons. The Morgan fingerprint density at radius 1 is 1.11 bits per heavy atom. The lowest BCUT2D eigenvalue weighted by molar-refractivity contribution is 0.308. The lowest BCUT2D eigenvalue weighted by atomic mass is 9.86. The molecule has 0 atom stereocenters. The molecule has 0 saturated heterocycles. The number of rotatable bonds is 7. The third-order valence-corrected chi connectivity index (χ3v) is 3.37. The molecule has 1 rings (SSSR count). The van der Waals surface area contributed by atoms with Crippen LogP contribution in [0.25, 0.3) is 0 Å². The highest BCUT2D eigenvalue weighted by molar-refractivity contribution is 5.21. The van der Waals surface area contributed by atoms with Gasteiger partial charge in [-0.25, -0.2) is 0 Å². The molecule has 0 unspecified atom stereocenters. The maximum absolute atomic E-state index is 3.57. The average molecular weight is 247 g/mol. The number of benzene rings is 1. The van der Waals surface area contributed by atoms with Crippen LogP contribution in [0, 0.1) is 18.3 Å². The Morgan fingerprint density at radius 3 is 2.28 bits per heavy atom. The smallest absolute Gasteiger partial charge is 0.000274 e. The fourth-order valence-electron chi connectivity index (χ4n) is 2.03. The molecule has 1 N–H and O–H groups in total. The summed E-state index contributed by atoms with van der Waals surface area (Å²) in [6.45, 7) is 13.6. The molecule has 0 spiro atoms. The van der Waals surface area contributed by atoms with Gasteiger partial charge < -0.3 is 5.32 Å². The van der Waals surface area contributed by atoms with Crippen molar-refractivity contribution in [3.05, 3.63) is 35.4 Å². The number of nitrogens with one attached hydrogen (secondary N) is 1. The van der Waals surface area contributed by atoms with E-state index in [0.29, 0.717) is 5.41 Å². The molecular weight excluding hydrogens is 218 g/mol. The summed E-state index contributed by atoms with van der Waals surface area (Å²) in [6, 6.07) is 8.93. The van der Waals surface area contributed by atoms with Crippen LogP contribution in [0.1, 0.15) is 45.2 Å². The minimum atomic E-state index is 0.375. The van der Waals surface area contributed by atoms with Gasteiger partial charge in [0.05, 0.1) is 0 Å². The summed E-state index contributed by atoms with van der Waals surface area (Å²) in [5.41, 5.74) is 3.17. The van der Waals surface area contributed by atoms with Crippen molar-refractivity contribution in [2.75, 3.05) is 13.1 Å². The van der Waals surface area contributed by atoms with Crippen LogP contribution in [0.15, 0.2) is 24.3 Å². The first-order valence-electron chi connectivity index (χ1n) is 7.15. The molecule has 0 fully saturated rings. The van der Waals surface area contributed by atoms with E-state index in [1.54, 1.807) is 0 Å². The van der Waals surface area contributed by atoms with Gasteiger partial charge in [0, 0.05) is 6.54 Å². The fourth-order valence-corrected chi connectivity index (χ4v) is 2.03. The minimum Gasteiger partial charge on any atom is -0.316 e. The van der Waals surface area contributed by atoms with Crippen molar-refractivity contribution in [2.24, 2.45) is 11.3 Å². The molecule has 18 heavy (non-hydrogen) atoms. The van der Waals surface area contributed by atoms with Gasteiger partial charge in [-0.2, -0.15) is 0 Å². The highest BCUT2D eigenvalue weighted by Gasteiger charge is 2.17. The summed E-state index contributed by atoms with van der Waals surface area (Å²) >= 11 is 0. The summed E-state index contributed by atoms with van der Waals surface area (Å²) in [6.07, 6.45) is 2.41. The third-order valence-electron chi connectivity index (χ3n) is 3.37. The van der Waals surface area contributed by atoms with Crippen LogP contribution in [-0.2, 0) is 6.42 Å². The molecule has 0 heterocycles. The van der Waals surface area contributed by atoms with Gasteiger partial charge in [-0.1, -0.05) is 57.5 Å². The van der Waals surface area contributed by atoms with Crippen LogP contribution in [0.4, 0.5) is 0 Å². The van der Waals surface area contributed by atoms with E-state index in [2.05, 4.69) is 64.2 Å². The summed E-state index contributed by atoms with van der Waals surface area (Å²) < 4.78 is 0. The topological polar surface area (TPSA) is 12.0 Å². The summed E-state index contributed by atoms with van der Waals surface area (Å²) in [4.78, 5) is 0. The molecule has 0 aliphatic rings. The molecule has 1 aromatic carbocycles. The predicted molar refractivity (Wildman–Crippen MR) is 81.0 cm³/mol. The SMILES string of the molecule is Cc1ccc(CCC(C)(C)CNCC(C)C)cc1. The monoisotopic (exact) mass is 247 g/mol. The number of hydrogen-bond donors (Lipinski definition) is 1. The van der Waals surface area contributed by atoms with Crippen LogP contribution in [0.5, 0.6) is 0 Å². The molecule has 0 saturated carbocycles. The molecule has 0 bridgehead atoms. The molecule has 1 nitrogen and oxygen atoms in total. The second-order valence-corrected chi connectivity index (χ2v) is 6.67. The molecular formula is C17H29N. The highest BCUT2D eigenvalue weighted by atomic mass is 14.9. The van der Waals surface area contributed by atoms with Gasteiger partial charge in [-0.3, -0.25) is 0 Å². The highest BCUT2D eigenvalue weighted by Crippen LogP contribution is 2.22. The van der Waals surface area contributed by atoms with Crippen LogP contribution in [-0.4, -0.2) is 13.1 Å². The fraction of sp³-hybridized carbons (Fsp3) is 0.647. The van der Waals surface area contributed by atoms with Gasteiger partial charge in [0.1, 0.15) is 0 Å². The second kappa shape index (κ2) is 6.94. The van der Waals surface area contributed by atoms with Crippen molar-refractivity contribution in [3.8, 4) is 0 Å². The first kappa shape index (κ1) is 15.2. The van der Waals surface area contributed by atoms with Crippen molar-refractivity contribution >= 4 is 0 Å². The van der Waals surface area contributed by atoms with Gasteiger partial charge in [0.15, 0.2) is 0 Å². The zero-order chi connectivity index (χ0) is 13.6. The van der Waals surface area contributed by atoms with Crippen molar-refractivity contribution in [1.29, 1.82) is 0 Å². The third kappa shape index (κ3) is 6.20. The standard InChI is InChI=1S/C17H29N/c1-14(2)12-18-13-17(4,5)11-10-16-8-6-15(3)7-9-16/h6-9,14,18H,10-13H2,1-5H3. The normalized spacial score (nSPS) is 12.1. The van der Waals surface area contributed by atoms with E-state index in [0.717, 1.165) is 19.0 Å². The minimum absolute atomic E-state index is 0.375. The summed E-state index contributed by atoms with van der Waals surface area (Å²) in [7, 11) is 0. The van der Waals surface area contributed by atoms with Crippen LogP contribution in [0.3, 0.4) is 0 Å². The van der Waals surface area contributed by atoms with Gasteiger partial charge in [-0.05, 0) is 43.2 Å². The first-order chi connectivity index (χ1) is 8.39. The maximum atomic E-state index is 3.57. The molecule has 1 heteroatoms. The zero-order valence-electron chi connectivity index (χ0n) is 12.7. The van der Waals surface area contributed by atoms with E-state index in [4.69, 9.17) is 0 Å². The molecule has 1 aromatic rings. The lowest BCUT2D eigenvalue weighted by Crippen LogP contribution is -2.32. The van der Waals surface area contributed by atoms with Gasteiger partial charge in [0.25, 0.3) is 0 Å². The Kier molecular flexibility index (Phi) is 5.87. The van der Waals surface area contributed by atoms with Crippen molar-refractivity contribution < 1.29 is 0 Å². The van der Waals surface area contributed by atoms with Crippen LogP contribution in [0.2, 0.25) is 0 Å². The first-order valence-corrected chi connectivity index (χ1v) is 7.15. The van der Waals surface area contributed by atoms with E-state index in [1.165, 1.54) is 24.0 Å². The van der Waals surface area contributed by atoms with Crippen LogP contribution >= 0.6 is 0 Å². The van der Waals surface area contributed by atoms with Crippen molar-refractivity contribution in [1.82, 2.24) is 5.32 Å². The Labute approximate surface area is 113 Å². The summed E-state index contributed by atoms with van der Waals surface area (Å²) in [5, 5.41) is 3.57. The average Bonchev–Trinajstić information content (AvgIpc) is 2.27. The molecule has 0 amide bonds. The lowest BCUT2D eigenvalue weighted by Gasteiger charge is -2.25.